The molecule has 0 aromatic heterocycles. The minimum Gasteiger partial charge on any atom is -0.390 e. The molecule has 1 unspecified atom stereocenters. The van der Waals surface area contributed by atoms with Gasteiger partial charge in [-0.2, -0.15) is 0 Å². The molecule has 0 bridgehead atoms. The molecule has 1 heterocycles. The standard InChI is InChI=1S/C19H30N2O2/c1-15(21-11-4-5-12-21)14-20-18(22)17-8-6-7-16(13-17)9-10-19(2,3)23/h6-8,13,15,23H,4-5,9-12,14H2,1-3H3,(H,20,22). The Kier molecular flexibility index (Phi) is 6.19. The van der Waals surface area contributed by atoms with Gasteiger partial charge < -0.3 is 10.4 Å². The number of nitrogens with zero attached hydrogens (tertiary/aromatic N) is 1. The molecule has 1 aromatic rings. The van der Waals surface area contributed by atoms with Crippen molar-refractivity contribution in [1.82, 2.24) is 10.2 Å². The molecule has 1 amide bonds. The van der Waals surface area contributed by atoms with Crippen LogP contribution >= 0.6 is 0 Å². The number of rotatable bonds is 7. The highest BCUT2D eigenvalue weighted by Gasteiger charge is 2.19. The Labute approximate surface area is 139 Å². The molecule has 4 nitrogen and oxygen atoms in total. The fourth-order valence-electron chi connectivity index (χ4n) is 2.97. The number of amides is 1. The summed E-state index contributed by atoms with van der Waals surface area (Å²) in [7, 11) is 0. The summed E-state index contributed by atoms with van der Waals surface area (Å²) >= 11 is 0. The fraction of sp³-hybridized carbons (Fsp3) is 0.632. The van der Waals surface area contributed by atoms with Crippen molar-refractivity contribution in [1.29, 1.82) is 0 Å². The molecule has 4 heteroatoms. The number of hydrogen-bond donors (Lipinski definition) is 2. The van der Waals surface area contributed by atoms with E-state index in [-0.39, 0.29) is 5.91 Å². The van der Waals surface area contributed by atoms with Gasteiger partial charge in [0.05, 0.1) is 5.60 Å². The van der Waals surface area contributed by atoms with Crippen molar-refractivity contribution in [2.75, 3.05) is 19.6 Å². The maximum Gasteiger partial charge on any atom is 0.251 e. The summed E-state index contributed by atoms with van der Waals surface area (Å²) in [5.74, 6) is -0.0128. The Bertz CT molecular complexity index is 516. The maximum absolute atomic E-state index is 12.3. The molecule has 0 aliphatic carbocycles. The summed E-state index contributed by atoms with van der Waals surface area (Å²) in [5.41, 5.74) is 1.11. The van der Waals surface area contributed by atoms with Crippen LogP contribution in [-0.2, 0) is 6.42 Å². The topological polar surface area (TPSA) is 52.6 Å². The Balaban J connectivity index is 1.86. The summed E-state index contributed by atoms with van der Waals surface area (Å²) < 4.78 is 0. The van der Waals surface area contributed by atoms with Crippen molar-refractivity contribution in [3.8, 4) is 0 Å². The molecule has 1 aliphatic rings. The third-order valence-corrected chi connectivity index (χ3v) is 4.54. The highest BCUT2D eigenvalue weighted by atomic mass is 16.3. The number of nitrogens with one attached hydrogen (secondary N) is 1. The van der Waals surface area contributed by atoms with Crippen LogP contribution in [0.2, 0.25) is 0 Å². The van der Waals surface area contributed by atoms with Crippen molar-refractivity contribution in [3.05, 3.63) is 35.4 Å². The molecule has 1 aromatic carbocycles. The Morgan fingerprint density at radius 1 is 1.35 bits per heavy atom. The number of carbonyl (C=O) groups is 1. The van der Waals surface area contributed by atoms with Gasteiger partial charge in [-0.15, -0.1) is 0 Å². The molecule has 1 atom stereocenters. The second-order valence-electron chi connectivity index (χ2n) is 7.31. The number of carbonyl (C=O) groups excluding carboxylic acids is 1. The van der Waals surface area contributed by atoms with E-state index in [0.717, 1.165) is 25.1 Å². The van der Waals surface area contributed by atoms with Crippen LogP contribution < -0.4 is 5.32 Å². The minimum absolute atomic E-state index is 0.0128. The van der Waals surface area contributed by atoms with Gasteiger partial charge in [-0.05, 0) is 77.2 Å². The molecule has 0 spiro atoms. The minimum atomic E-state index is -0.677. The summed E-state index contributed by atoms with van der Waals surface area (Å²) in [6, 6.07) is 8.10. The van der Waals surface area contributed by atoms with Gasteiger partial charge in [0.2, 0.25) is 0 Å². The third kappa shape index (κ3) is 5.96. The van der Waals surface area contributed by atoms with Crippen LogP contribution in [0.4, 0.5) is 0 Å². The summed E-state index contributed by atoms with van der Waals surface area (Å²) in [5, 5.41) is 12.9. The van der Waals surface area contributed by atoms with Crippen molar-refractivity contribution < 1.29 is 9.90 Å². The quantitative estimate of drug-likeness (QED) is 0.812. The lowest BCUT2D eigenvalue weighted by molar-refractivity contribution is 0.0714. The van der Waals surface area contributed by atoms with Crippen molar-refractivity contribution >= 4 is 5.91 Å². The zero-order valence-corrected chi connectivity index (χ0v) is 14.6. The Morgan fingerprint density at radius 2 is 2.04 bits per heavy atom. The van der Waals surface area contributed by atoms with Crippen LogP contribution in [0.1, 0.15) is 56.0 Å². The molecule has 0 saturated carbocycles. The van der Waals surface area contributed by atoms with E-state index in [2.05, 4.69) is 17.1 Å². The van der Waals surface area contributed by atoms with E-state index in [1.54, 1.807) is 0 Å². The predicted octanol–water partition coefficient (Wildman–Crippen LogP) is 2.60. The van der Waals surface area contributed by atoms with E-state index in [1.165, 1.54) is 12.8 Å². The van der Waals surface area contributed by atoms with E-state index in [1.807, 2.05) is 38.1 Å². The van der Waals surface area contributed by atoms with E-state index < -0.39 is 5.60 Å². The van der Waals surface area contributed by atoms with Gasteiger partial charge in [-0.3, -0.25) is 9.69 Å². The highest BCUT2D eigenvalue weighted by Crippen LogP contribution is 2.15. The van der Waals surface area contributed by atoms with E-state index in [0.29, 0.717) is 24.6 Å². The largest absolute Gasteiger partial charge is 0.390 e. The van der Waals surface area contributed by atoms with Gasteiger partial charge >= 0.3 is 0 Å². The number of aryl methyl sites for hydroxylation is 1. The molecule has 0 radical (unpaired) electrons. The maximum atomic E-state index is 12.3. The van der Waals surface area contributed by atoms with Crippen molar-refractivity contribution in [2.45, 2.75) is 58.1 Å². The molecule has 2 rings (SSSR count). The molecule has 23 heavy (non-hydrogen) atoms. The molecule has 1 aliphatic heterocycles. The third-order valence-electron chi connectivity index (χ3n) is 4.54. The van der Waals surface area contributed by atoms with Gasteiger partial charge in [0.25, 0.3) is 5.91 Å². The van der Waals surface area contributed by atoms with Crippen LogP contribution in [0.25, 0.3) is 0 Å². The first-order valence-electron chi connectivity index (χ1n) is 8.69. The molecule has 2 N–H and O–H groups in total. The van der Waals surface area contributed by atoms with Crippen molar-refractivity contribution in [3.63, 3.8) is 0 Å². The van der Waals surface area contributed by atoms with Gasteiger partial charge in [-0.25, -0.2) is 0 Å². The van der Waals surface area contributed by atoms with Crippen LogP contribution in [0.5, 0.6) is 0 Å². The second kappa shape index (κ2) is 7.93. The normalized spacial score (nSPS) is 17.2. The number of benzene rings is 1. The molecule has 1 saturated heterocycles. The predicted molar refractivity (Wildman–Crippen MR) is 93.7 cm³/mol. The van der Waals surface area contributed by atoms with Gasteiger partial charge in [-0.1, -0.05) is 12.1 Å². The van der Waals surface area contributed by atoms with Crippen molar-refractivity contribution in [2.24, 2.45) is 0 Å². The summed E-state index contributed by atoms with van der Waals surface area (Å²) in [4.78, 5) is 14.8. The molecular weight excluding hydrogens is 288 g/mol. The first-order valence-corrected chi connectivity index (χ1v) is 8.69. The summed E-state index contributed by atoms with van der Waals surface area (Å²) in [6.45, 7) is 8.76. The van der Waals surface area contributed by atoms with Crippen LogP contribution in [0.15, 0.2) is 24.3 Å². The first-order chi connectivity index (χ1) is 10.8. The average molecular weight is 318 g/mol. The van der Waals surface area contributed by atoms with Crippen LogP contribution in [-0.4, -0.2) is 47.2 Å². The average Bonchev–Trinajstić information content (AvgIpc) is 3.04. The first kappa shape index (κ1) is 18.0. The lowest BCUT2D eigenvalue weighted by Crippen LogP contribution is -2.40. The van der Waals surface area contributed by atoms with E-state index in [9.17, 15) is 9.90 Å². The number of hydrogen-bond acceptors (Lipinski definition) is 3. The highest BCUT2D eigenvalue weighted by molar-refractivity contribution is 5.94. The van der Waals surface area contributed by atoms with Gasteiger partial charge in [0, 0.05) is 18.2 Å². The Hall–Kier alpha value is -1.39. The molecule has 1 fully saturated rings. The molecular formula is C19H30N2O2. The SMILES string of the molecule is CC(CNC(=O)c1cccc(CCC(C)(C)O)c1)N1CCCC1. The van der Waals surface area contributed by atoms with Gasteiger partial charge in [0.1, 0.15) is 0 Å². The zero-order valence-electron chi connectivity index (χ0n) is 14.6. The smallest absolute Gasteiger partial charge is 0.251 e. The number of likely N-dealkylation sites (tertiary alicyclic amines) is 1. The fourth-order valence-corrected chi connectivity index (χ4v) is 2.97. The monoisotopic (exact) mass is 318 g/mol. The molecule has 128 valence electrons. The van der Waals surface area contributed by atoms with Crippen LogP contribution in [0, 0.1) is 0 Å². The van der Waals surface area contributed by atoms with Crippen LogP contribution in [0.3, 0.4) is 0 Å². The zero-order chi connectivity index (χ0) is 16.9. The lowest BCUT2D eigenvalue weighted by atomic mass is 9.98. The van der Waals surface area contributed by atoms with E-state index in [4.69, 9.17) is 0 Å². The van der Waals surface area contributed by atoms with E-state index >= 15 is 0 Å². The number of aliphatic hydroxyl groups is 1. The second-order valence-corrected chi connectivity index (χ2v) is 7.31. The Morgan fingerprint density at radius 3 is 2.70 bits per heavy atom. The lowest BCUT2D eigenvalue weighted by Gasteiger charge is -2.23. The van der Waals surface area contributed by atoms with Gasteiger partial charge in [0.15, 0.2) is 0 Å². The summed E-state index contributed by atoms with van der Waals surface area (Å²) in [6.07, 6.45) is 3.99.